The largest absolute Gasteiger partial charge is 0.469 e. The maximum absolute atomic E-state index is 5.72. The molecule has 2 aromatic rings. The second-order valence-corrected chi connectivity index (χ2v) is 7.80. The summed E-state index contributed by atoms with van der Waals surface area (Å²) in [4.78, 5) is 8.70. The highest BCUT2D eigenvalue weighted by Gasteiger charge is 2.26. The maximum Gasteiger partial charge on any atom is 0.191 e. The van der Waals surface area contributed by atoms with Crippen molar-refractivity contribution in [1.29, 1.82) is 0 Å². The Morgan fingerprint density at radius 3 is 3.07 bits per heavy atom. The average Bonchev–Trinajstić information content (AvgIpc) is 3.40. The van der Waals surface area contributed by atoms with E-state index in [1.807, 2.05) is 18.2 Å². The highest BCUT2D eigenvalue weighted by Crippen LogP contribution is 2.27. The quantitative estimate of drug-likeness (QED) is 0.383. The zero-order chi connectivity index (χ0) is 19.6. The van der Waals surface area contributed by atoms with Gasteiger partial charge in [-0.05, 0) is 30.5 Å². The van der Waals surface area contributed by atoms with Gasteiger partial charge in [0.1, 0.15) is 5.76 Å². The van der Waals surface area contributed by atoms with Crippen molar-refractivity contribution in [1.82, 2.24) is 15.5 Å². The zero-order valence-corrected chi connectivity index (χ0v) is 17.3. The third-order valence-electron chi connectivity index (χ3n) is 4.66. The Bertz CT molecular complexity index is 715. The van der Waals surface area contributed by atoms with E-state index in [2.05, 4.69) is 46.5 Å². The molecule has 1 saturated heterocycles. The number of ether oxygens (including phenoxy) is 1. The molecule has 3 heterocycles. The maximum atomic E-state index is 5.72. The van der Waals surface area contributed by atoms with Gasteiger partial charge in [-0.25, -0.2) is 0 Å². The molecule has 28 heavy (non-hydrogen) atoms. The molecule has 0 aromatic carbocycles. The van der Waals surface area contributed by atoms with Crippen LogP contribution in [0.25, 0.3) is 0 Å². The lowest BCUT2D eigenvalue weighted by Gasteiger charge is -2.36. The van der Waals surface area contributed by atoms with Crippen molar-refractivity contribution < 1.29 is 9.15 Å². The number of aliphatic imine (C=N–C) groups is 1. The van der Waals surface area contributed by atoms with Crippen molar-refractivity contribution in [3.05, 3.63) is 59.2 Å². The van der Waals surface area contributed by atoms with E-state index in [1.54, 1.807) is 17.6 Å². The standard InChI is InChI=1S/C21H30N4O2S/c1-3-9-22-21(23-10-8-18-6-4-12-27-18)24-15-19(20-7-5-14-28-20)25-11-13-26-17(2)16-25/h3-7,12,14,17,19H,1,8-11,13,15-16H2,2H3,(H2,22,23,24). The van der Waals surface area contributed by atoms with Crippen LogP contribution in [0.15, 0.2) is 58.0 Å². The van der Waals surface area contributed by atoms with Crippen molar-refractivity contribution in [2.75, 3.05) is 39.3 Å². The highest BCUT2D eigenvalue weighted by atomic mass is 32.1. The summed E-state index contributed by atoms with van der Waals surface area (Å²) in [5, 5.41) is 8.84. The van der Waals surface area contributed by atoms with Gasteiger partial charge in [-0.2, -0.15) is 0 Å². The number of furan rings is 1. The molecule has 152 valence electrons. The van der Waals surface area contributed by atoms with Crippen LogP contribution in [0.2, 0.25) is 0 Å². The van der Waals surface area contributed by atoms with Crippen molar-refractivity contribution in [3.63, 3.8) is 0 Å². The Morgan fingerprint density at radius 2 is 2.36 bits per heavy atom. The summed E-state index contributed by atoms with van der Waals surface area (Å²) in [5.41, 5.74) is 0. The molecule has 0 amide bonds. The molecule has 0 spiro atoms. The first-order chi connectivity index (χ1) is 13.8. The number of hydrogen-bond donors (Lipinski definition) is 2. The molecular formula is C21H30N4O2S. The molecule has 6 nitrogen and oxygen atoms in total. The topological polar surface area (TPSA) is 62.0 Å². The normalized spacial score (nSPS) is 19.3. The number of hydrogen-bond acceptors (Lipinski definition) is 5. The third kappa shape index (κ3) is 6.22. The van der Waals surface area contributed by atoms with E-state index in [9.17, 15) is 0 Å². The SMILES string of the molecule is C=CCNC(=NCC(c1cccs1)N1CCOC(C)C1)NCCc1ccco1. The van der Waals surface area contributed by atoms with E-state index in [-0.39, 0.29) is 12.1 Å². The number of nitrogens with zero attached hydrogens (tertiary/aromatic N) is 2. The predicted octanol–water partition coefficient (Wildman–Crippen LogP) is 3.07. The summed E-state index contributed by atoms with van der Waals surface area (Å²) in [6, 6.07) is 8.47. The van der Waals surface area contributed by atoms with Gasteiger partial charge in [-0.1, -0.05) is 12.1 Å². The first-order valence-corrected chi connectivity index (χ1v) is 10.7. The third-order valence-corrected chi connectivity index (χ3v) is 5.64. The molecule has 3 rings (SSSR count). The Kier molecular flexibility index (Phi) is 8.14. The van der Waals surface area contributed by atoms with Crippen LogP contribution in [0.5, 0.6) is 0 Å². The molecule has 0 aliphatic carbocycles. The number of thiophene rings is 1. The van der Waals surface area contributed by atoms with E-state index in [0.29, 0.717) is 13.1 Å². The van der Waals surface area contributed by atoms with E-state index < -0.39 is 0 Å². The van der Waals surface area contributed by atoms with Crippen molar-refractivity contribution in [3.8, 4) is 0 Å². The Labute approximate surface area is 171 Å². The van der Waals surface area contributed by atoms with Gasteiger partial charge >= 0.3 is 0 Å². The van der Waals surface area contributed by atoms with E-state index >= 15 is 0 Å². The van der Waals surface area contributed by atoms with Crippen molar-refractivity contribution in [2.24, 2.45) is 4.99 Å². The lowest BCUT2D eigenvalue weighted by atomic mass is 10.1. The second kappa shape index (κ2) is 11.0. The first kappa shape index (κ1) is 20.6. The van der Waals surface area contributed by atoms with Gasteiger partial charge < -0.3 is 19.8 Å². The smallest absolute Gasteiger partial charge is 0.191 e. The van der Waals surface area contributed by atoms with Crippen molar-refractivity contribution >= 4 is 17.3 Å². The minimum atomic E-state index is 0.255. The second-order valence-electron chi connectivity index (χ2n) is 6.82. The summed E-state index contributed by atoms with van der Waals surface area (Å²) >= 11 is 1.79. The van der Waals surface area contributed by atoms with Gasteiger partial charge in [0.05, 0.1) is 31.6 Å². The van der Waals surface area contributed by atoms with Crippen LogP contribution in [0.1, 0.15) is 23.6 Å². The van der Waals surface area contributed by atoms with Crippen LogP contribution in [-0.4, -0.2) is 56.3 Å². The van der Waals surface area contributed by atoms with E-state index in [0.717, 1.165) is 44.4 Å². The van der Waals surface area contributed by atoms with Crippen LogP contribution >= 0.6 is 11.3 Å². The minimum absolute atomic E-state index is 0.255. The first-order valence-electron chi connectivity index (χ1n) is 9.80. The Morgan fingerprint density at radius 1 is 1.43 bits per heavy atom. The molecule has 7 heteroatoms. The fourth-order valence-electron chi connectivity index (χ4n) is 3.27. The van der Waals surface area contributed by atoms with Gasteiger partial charge in [0.25, 0.3) is 0 Å². The minimum Gasteiger partial charge on any atom is -0.469 e. The van der Waals surface area contributed by atoms with Gasteiger partial charge in [0.2, 0.25) is 0 Å². The molecule has 0 bridgehead atoms. The molecular weight excluding hydrogens is 372 g/mol. The zero-order valence-electron chi connectivity index (χ0n) is 16.5. The molecule has 0 radical (unpaired) electrons. The molecule has 2 atom stereocenters. The molecule has 1 fully saturated rings. The van der Waals surface area contributed by atoms with Crippen LogP contribution in [0.3, 0.4) is 0 Å². The Hall–Kier alpha value is -2.09. The molecule has 2 N–H and O–H groups in total. The van der Waals surface area contributed by atoms with Gasteiger partial charge in [-0.15, -0.1) is 17.9 Å². The molecule has 2 aromatic heterocycles. The lowest BCUT2D eigenvalue weighted by molar-refractivity contribution is -0.0327. The summed E-state index contributed by atoms with van der Waals surface area (Å²) in [6.45, 7) is 10.7. The average molecular weight is 403 g/mol. The monoisotopic (exact) mass is 402 g/mol. The van der Waals surface area contributed by atoms with Crippen LogP contribution in [-0.2, 0) is 11.2 Å². The molecule has 0 saturated carbocycles. The molecule has 2 unspecified atom stereocenters. The summed E-state index contributed by atoms with van der Waals surface area (Å²) in [5.74, 6) is 1.77. The summed E-state index contributed by atoms with van der Waals surface area (Å²) < 4.78 is 11.1. The highest BCUT2D eigenvalue weighted by molar-refractivity contribution is 7.10. The van der Waals surface area contributed by atoms with Crippen LogP contribution in [0.4, 0.5) is 0 Å². The van der Waals surface area contributed by atoms with Gasteiger partial charge in [0, 0.05) is 37.5 Å². The molecule has 1 aliphatic heterocycles. The van der Waals surface area contributed by atoms with E-state index in [1.165, 1.54) is 4.88 Å². The Balaban J connectivity index is 1.64. The van der Waals surface area contributed by atoms with Crippen molar-refractivity contribution in [2.45, 2.75) is 25.5 Å². The fourth-order valence-corrected chi connectivity index (χ4v) is 4.13. The summed E-state index contributed by atoms with van der Waals surface area (Å²) in [6.07, 6.45) is 4.61. The van der Waals surface area contributed by atoms with Gasteiger partial charge in [0.15, 0.2) is 5.96 Å². The molecule has 1 aliphatic rings. The van der Waals surface area contributed by atoms with E-state index in [4.69, 9.17) is 14.1 Å². The van der Waals surface area contributed by atoms with Crippen LogP contribution in [0, 0.1) is 0 Å². The van der Waals surface area contributed by atoms with Gasteiger partial charge in [-0.3, -0.25) is 9.89 Å². The fraction of sp³-hybridized carbons (Fsp3) is 0.476. The predicted molar refractivity (Wildman–Crippen MR) is 115 cm³/mol. The number of guanidine groups is 1. The summed E-state index contributed by atoms with van der Waals surface area (Å²) in [7, 11) is 0. The number of nitrogens with one attached hydrogen (secondary N) is 2. The number of rotatable bonds is 9. The lowest BCUT2D eigenvalue weighted by Crippen LogP contribution is -2.44. The van der Waals surface area contributed by atoms with Crippen LogP contribution < -0.4 is 10.6 Å². The number of morpholine rings is 1.